The van der Waals surface area contributed by atoms with Crippen LogP contribution in [0, 0.1) is 18.6 Å². The predicted molar refractivity (Wildman–Crippen MR) is 132 cm³/mol. The van der Waals surface area contributed by atoms with E-state index in [2.05, 4.69) is 11.0 Å². The Hall–Kier alpha value is -2.47. The Morgan fingerprint density at radius 1 is 0.941 bits per heavy atom. The van der Waals surface area contributed by atoms with Gasteiger partial charge in [0.15, 0.2) is 11.6 Å². The summed E-state index contributed by atoms with van der Waals surface area (Å²) in [6, 6.07) is 15.2. The summed E-state index contributed by atoms with van der Waals surface area (Å²) in [6.07, 6.45) is 1.79. The first-order chi connectivity index (χ1) is 16.3. The molecule has 176 valence electrons. The number of piperidine rings is 1. The molecule has 0 aliphatic carbocycles. The molecule has 1 fully saturated rings. The quantitative estimate of drug-likeness (QED) is 0.395. The Labute approximate surface area is 207 Å². The molecule has 1 amide bonds. The molecule has 2 aliphatic rings. The Bertz CT molecular complexity index is 1270. The average molecular weight is 501 g/mol. The van der Waals surface area contributed by atoms with Crippen LogP contribution in [0.1, 0.15) is 39.9 Å². The fourth-order valence-electron chi connectivity index (χ4n) is 5.21. The molecule has 3 nitrogen and oxygen atoms in total. The molecular formula is C27H24Cl2F2N2O. The molecule has 0 saturated carbocycles. The molecule has 2 heterocycles. The molecule has 0 unspecified atom stereocenters. The number of aryl methyl sites for hydroxylation is 1. The molecule has 2 aliphatic heterocycles. The average Bonchev–Trinajstić information content (AvgIpc) is 3.12. The first-order valence-corrected chi connectivity index (χ1v) is 12.1. The number of amides is 1. The number of hydrogen-bond acceptors (Lipinski definition) is 2. The number of halogens is 4. The summed E-state index contributed by atoms with van der Waals surface area (Å²) in [7, 11) is 0. The van der Waals surface area contributed by atoms with Gasteiger partial charge in [-0.15, -0.1) is 0 Å². The van der Waals surface area contributed by atoms with E-state index in [0.29, 0.717) is 16.6 Å². The number of rotatable bonds is 3. The van der Waals surface area contributed by atoms with Crippen molar-refractivity contribution in [2.24, 2.45) is 0 Å². The highest BCUT2D eigenvalue weighted by Crippen LogP contribution is 2.48. The Morgan fingerprint density at radius 2 is 1.71 bits per heavy atom. The highest BCUT2D eigenvalue weighted by Gasteiger charge is 2.46. The van der Waals surface area contributed by atoms with Crippen molar-refractivity contribution in [3.8, 4) is 0 Å². The van der Waals surface area contributed by atoms with Gasteiger partial charge >= 0.3 is 0 Å². The molecule has 3 aromatic carbocycles. The number of nitrogens with zero attached hydrogens (tertiary/aromatic N) is 2. The highest BCUT2D eigenvalue weighted by molar-refractivity contribution is 6.42. The number of carbonyl (C=O) groups is 1. The molecule has 1 saturated heterocycles. The van der Waals surface area contributed by atoms with E-state index in [-0.39, 0.29) is 16.9 Å². The van der Waals surface area contributed by atoms with Gasteiger partial charge in [0.05, 0.1) is 10.0 Å². The van der Waals surface area contributed by atoms with E-state index in [1.54, 1.807) is 4.90 Å². The van der Waals surface area contributed by atoms with Crippen LogP contribution in [0.2, 0.25) is 10.0 Å². The normalized spacial score (nSPS) is 17.3. The summed E-state index contributed by atoms with van der Waals surface area (Å²) in [6.45, 7) is 5.12. The molecule has 0 N–H and O–H groups in total. The number of hydrogen-bond donors (Lipinski definition) is 0. The van der Waals surface area contributed by atoms with Gasteiger partial charge in [-0.1, -0.05) is 47.0 Å². The van der Waals surface area contributed by atoms with E-state index in [9.17, 15) is 13.6 Å². The highest BCUT2D eigenvalue weighted by atomic mass is 35.5. The third kappa shape index (κ3) is 4.21. The predicted octanol–water partition coefficient (Wildman–Crippen LogP) is 6.77. The summed E-state index contributed by atoms with van der Waals surface area (Å²) in [4.78, 5) is 17.5. The second-order valence-corrected chi connectivity index (χ2v) is 10.2. The van der Waals surface area contributed by atoms with Crippen LogP contribution in [-0.2, 0) is 12.0 Å². The first kappa shape index (κ1) is 23.3. The van der Waals surface area contributed by atoms with Crippen molar-refractivity contribution in [3.63, 3.8) is 0 Å². The van der Waals surface area contributed by atoms with Crippen molar-refractivity contribution in [2.75, 3.05) is 24.5 Å². The largest absolute Gasteiger partial charge is 0.307 e. The maximum Gasteiger partial charge on any atom is 0.258 e. The maximum absolute atomic E-state index is 13.8. The summed E-state index contributed by atoms with van der Waals surface area (Å²) >= 11 is 12.2. The van der Waals surface area contributed by atoms with Crippen molar-refractivity contribution < 1.29 is 13.6 Å². The summed E-state index contributed by atoms with van der Waals surface area (Å²) in [5.74, 6) is -2.28. The molecule has 0 radical (unpaired) electrons. The second-order valence-electron chi connectivity index (χ2n) is 9.35. The Kier molecular flexibility index (Phi) is 6.13. The summed E-state index contributed by atoms with van der Waals surface area (Å²) < 4.78 is 27.3. The molecule has 1 spiro atoms. The van der Waals surface area contributed by atoms with Crippen molar-refractivity contribution in [2.45, 2.75) is 31.7 Å². The number of benzene rings is 3. The first-order valence-electron chi connectivity index (χ1n) is 11.3. The zero-order valence-corrected chi connectivity index (χ0v) is 20.3. The molecule has 5 rings (SSSR count). The minimum atomic E-state index is -1.01. The lowest BCUT2D eigenvalue weighted by Crippen LogP contribution is -2.45. The number of carbonyl (C=O) groups excluding carboxylic acids is 1. The van der Waals surface area contributed by atoms with Crippen LogP contribution in [-0.4, -0.2) is 30.4 Å². The van der Waals surface area contributed by atoms with Gasteiger partial charge in [0.2, 0.25) is 0 Å². The van der Waals surface area contributed by atoms with E-state index < -0.39 is 11.6 Å². The topological polar surface area (TPSA) is 23.6 Å². The van der Waals surface area contributed by atoms with Gasteiger partial charge in [0.1, 0.15) is 0 Å². The maximum atomic E-state index is 13.8. The fraction of sp³-hybridized carbons (Fsp3) is 0.296. The Morgan fingerprint density at radius 3 is 2.41 bits per heavy atom. The van der Waals surface area contributed by atoms with Gasteiger partial charge in [-0.25, -0.2) is 8.78 Å². The monoisotopic (exact) mass is 500 g/mol. The van der Waals surface area contributed by atoms with E-state index in [1.807, 2.05) is 37.3 Å². The molecule has 34 heavy (non-hydrogen) atoms. The SMILES string of the molecule is Cc1ccc2c(c1)C1(CCN(Cc3ccc(Cl)c(Cl)c3)CC1)CN2C(=O)c1ccc(F)c(F)c1. The fourth-order valence-corrected chi connectivity index (χ4v) is 5.53. The Balaban J connectivity index is 1.38. The number of anilines is 1. The second kappa shape index (κ2) is 8.95. The van der Waals surface area contributed by atoms with Gasteiger partial charge in [-0.05, 0) is 80.4 Å². The van der Waals surface area contributed by atoms with E-state index >= 15 is 0 Å². The lowest BCUT2D eigenvalue weighted by molar-refractivity contribution is 0.0975. The van der Waals surface area contributed by atoms with Crippen LogP contribution in [0.4, 0.5) is 14.5 Å². The van der Waals surface area contributed by atoms with Crippen LogP contribution in [0.15, 0.2) is 54.6 Å². The zero-order chi connectivity index (χ0) is 24.0. The van der Waals surface area contributed by atoms with Gasteiger partial charge in [0.25, 0.3) is 5.91 Å². The molecule has 0 bridgehead atoms. The van der Waals surface area contributed by atoms with Crippen LogP contribution >= 0.6 is 23.2 Å². The van der Waals surface area contributed by atoms with Gasteiger partial charge in [0, 0.05) is 29.8 Å². The van der Waals surface area contributed by atoms with Crippen LogP contribution in [0.5, 0.6) is 0 Å². The van der Waals surface area contributed by atoms with E-state index in [1.165, 1.54) is 6.07 Å². The van der Waals surface area contributed by atoms with Crippen molar-refractivity contribution in [1.82, 2.24) is 4.90 Å². The van der Waals surface area contributed by atoms with Crippen LogP contribution < -0.4 is 4.90 Å². The minimum absolute atomic E-state index is 0.152. The smallest absolute Gasteiger partial charge is 0.258 e. The van der Waals surface area contributed by atoms with Gasteiger partial charge < -0.3 is 4.90 Å². The summed E-state index contributed by atoms with van der Waals surface area (Å²) in [5, 5.41) is 1.10. The van der Waals surface area contributed by atoms with Gasteiger partial charge in [-0.2, -0.15) is 0 Å². The molecule has 3 aromatic rings. The van der Waals surface area contributed by atoms with E-state index in [0.717, 1.165) is 67.0 Å². The number of fused-ring (bicyclic) bond motifs is 2. The summed E-state index contributed by atoms with van der Waals surface area (Å²) in [5.41, 5.74) is 4.26. The lowest BCUT2D eigenvalue weighted by atomic mass is 9.74. The molecule has 0 aromatic heterocycles. The van der Waals surface area contributed by atoms with Crippen molar-refractivity contribution in [3.05, 3.63) is 98.5 Å². The minimum Gasteiger partial charge on any atom is -0.307 e. The van der Waals surface area contributed by atoms with Crippen molar-refractivity contribution >= 4 is 34.8 Å². The van der Waals surface area contributed by atoms with Gasteiger partial charge in [-0.3, -0.25) is 9.69 Å². The van der Waals surface area contributed by atoms with Crippen LogP contribution in [0.25, 0.3) is 0 Å². The van der Waals surface area contributed by atoms with Crippen molar-refractivity contribution in [1.29, 1.82) is 0 Å². The van der Waals surface area contributed by atoms with Crippen LogP contribution in [0.3, 0.4) is 0 Å². The standard InChI is InChI=1S/C27H24Cl2F2N2O/c1-17-2-7-25-20(12-17)27(16-33(25)26(34)19-4-6-23(30)24(31)14-19)8-10-32(11-9-27)15-18-3-5-21(28)22(29)13-18/h2-7,12-14H,8-11,15-16H2,1H3. The molecule has 0 atom stereocenters. The zero-order valence-electron chi connectivity index (χ0n) is 18.8. The third-order valence-electron chi connectivity index (χ3n) is 7.09. The molecular weight excluding hydrogens is 477 g/mol. The third-order valence-corrected chi connectivity index (χ3v) is 7.83. The lowest BCUT2D eigenvalue weighted by Gasteiger charge is -2.40. The number of likely N-dealkylation sites (tertiary alicyclic amines) is 1. The van der Waals surface area contributed by atoms with E-state index in [4.69, 9.17) is 23.2 Å². The molecule has 7 heteroatoms.